The van der Waals surface area contributed by atoms with Gasteiger partial charge in [-0.25, -0.2) is 17.1 Å². The first kappa shape index (κ1) is 23.4. The number of hydrogen-bond donors (Lipinski definition) is 1. The Morgan fingerprint density at radius 1 is 0.941 bits per heavy atom. The van der Waals surface area contributed by atoms with Gasteiger partial charge in [0, 0.05) is 16.8 Å². The molecule has 0 saturated heterocycles. The van der Waals surface area contributed by atoms with E-state index in [0.717, 1.165) is 9.87 Å². The molecule has 0 fully saturated rings. The molecule has 4 rings (SSSR count). The van der Waals surface area contributed by atoms with E-state index in [1.165, 1.54) is 25.1 Å². The van der Waals surface area contributed by atoms with Crippen molar-refractivity contribution in [1.29, 1.82) is 0 Å². The van der Waals surface area contributed by atoms with Gasteiger partial charge in [-0.15, -0.1) is 0 Å². The van der Waals surface area contributed by atoms with Crippen LogP contribution in [0.25, 0.3) is 4.91 Å². The van der Waals surface area contributed by atoms with Crippen LogP contribution in [-0.2, 0) is 21.4 Å². The van der Waals surface area contributed by atoms with Gasteiger partial charge in [-0.1, -0.05) is 48.0 Å². The molecular formula is C26H23FN2O4S. The third-order valence-electron chi connectivity index (χ3n) is 5.72. The van der Waals surface area contributed by atoms with Crippen LogP contribution in [0.15, 0.2) is 72.3 Å². The van der Waals surface area contributed by atoms with Gasteiger partial charge in [0.15, 0.2) is 0 Å². The van der Waals surface area contributed by atoms with Gasteiger partial charge in [-0.2, -0.15) is 0 Å². The van der Waals surface area contributed by atoms with Crippen LogP contribution in [0.3, 0.4) is 0 Å². The Morgan fingerprint density at radius 2 is 1.59 bits per heavy atom. The lowest BCUT2D eigenvalue weighted by atomic mass is 10.1. The van der Waals surface area contributed by atoms with Crippen molar-refractivity contribution >= 4 is 32.4 Å². The maximum Gasteiger partial charge on any atom is 0.268 e. The van der Waals surface area contributed by atoms with Gasteiger partial charge in [-0.05, 0) is 61.7 Å². The molecular weight excluding hydrogens is 455 g/mol. The van der Waals surface area contributed by atoms with Crippen LogP contribution in [0.1, 0.15) is 39.5 Å². The van der Waals surface area contributed by atoms with E-state index in [4.69, 9.17) is 0 Å². The second-order valence-electron chi connectivity index (χ2n) is 8.25. The molecule has 3 aromatic carbocycles. The summed E-state index contributed by atoms with van der Waals surface area (Å²) in [6, 6.07) is 17.6. The fraction of sp³-hybridized carbons (Fsp3) is 0.154. The fourth-order valence-corrected chi connectivity index (χ4v) is 5.53. The lowest BCUT2D eigenvalue weighted by molar-refractivity contribution is -0.122. The number of sulfonamides is 1. The largest absolute Gasteiger partial charge is 0.322 e. The Morgan fingerprint density at radius 3 is 2.21 bits per heavy atom. The summed E-state index contributed by atoms with van der Waals surface area (Å²) in [6.07, 6.45) is 0. The molecule has 0 bridgehead atoms. The van der Waals surface area contributed by atoms with Gasteiger partial charge in [0.2, 0.25) is 0 Å². The lowest BCUT2D eigenvalue weighted by Crippen LogP contribution is -2.30. The summed E-state index contributed by atoms with van der Waals surface area (Å²) < 4.78 is 40.9. The lowest BCUT2D eigenvalue weighted by Gasteiger charge is -2.17. The highest BCUT2D eigenvalue weighted by Gasteiger charge is 2.42. The predicted octanol–water partition coefficient (Wildman–Crippen LogP) is 4.80. The molecule has 1 heterocycles. The van der Waals surface area contributed by atoms with E-state index in [1.54, 1.807) is 55.5 Å². The zero-order chi connectivity index (χ0) is 24.6. The van der Waals surface area contributed by atoms with Crippen LogP contribution in [-0.4, -0.2) is 24.5 Å². The minimum absolute atomic E-state index is 0.0128. The molecule has 1 aliphatic rings. The van der Waals surface area contributed by atoms with E-state index in [0.29, 0.717) is 27.9 Å². The first-order chi connectivity index (χ1) is 16.1. The van der Waals surface area contributed by atoms with Crippen LogP contribution >= 0.6 is 0 Å². The first-order valence-corrected chi connectivity index (χ1v) is 12.0. The van der Waals surface area contributed by atoms with Crippen molar-refractivity contribution in [2.24, 2.45) is 0 Å². The van der Waals surface area contributed by atoms with Crippen LogP contribution < -0.4 is 5.32 Å². The van der Waals surface area contributed by atoms with Crippen LogP contribution in [0.2, 0.25) is 0 Å². The Kier molecular flexibility index (Phi) is 6.10. The summed E-state index contributed by atoms with van der Waals surface area (Å²) in [7, 11) is -4.02. The highest BCUT2D eigenvalue weighted by Crippen LogP contribution is 2.36. The number of nitrogens with one attached hydrogen (secondary N) is 1. The standard InChI is InChI=1S/C26H23FN2O4S/c1-16-4-9-20(10-5-16)24-18(3)26(31)29(34(24,32)33)15-19-7-11-21(12-8-19)25(30)28-22-13-6-17(2)23(27)14-22/h4-14H,15H2,1-3H3,(H,28,30). The van der Waals surface area contributed by atoms with Crippen LogP contribution in [0.5, 0.6) is 0 Å². The molecule has 1 aliphatic heterocycles. The van der Waals surface area contributed by atoms with Gasteiger partial charge >= 0.3 is 0 Å². The SMILES string of the molecule is CC1=C(c2ccc(C)cc2)S(=O)(=O)N(Cc2ccc(C(=O)Nc3ccc(C)c(F)c3)cc2)C1=O. The number of amides is 2. The third kappa shape index (κ3) is 4.36. The molecule has 0 atom stereocenters. The van der Waals surface area contributed by atoms with E-state index < -0.39 is 27.7 Å². The minimum atomic E-state index is -4.02. The minimum Gasteiger partial charge on any atom is -0.322 e. The van der Waals surface area contributed by atoms with Gasteiger partial charge in [0.05, 0.1) is 6.54 Å². The zero-order valence-corrected chi connectivity index (χ0v) is 19.7. The maximum absolute atomic E-state index is 13.7. The van der Waals surface area contributed by atoms with Gasteiger partial charge < -0.3 is 5.32 Å². The number of halogens is 1. The molecule has 0 aromatic heterocycles. The van der Waals surface area contributed by atoms with Crippen LogP contribution in [0.4, 0.5) is 10.1 Å². The molecule has 0 aliphatic carbocycles. The van der Waals surface area contributed by atoms with E-state index in [9.17, 15) is 22.4 Å². The van der Waals surface area contributed by atoms with Crippen molar-refractivity contribution in [3.8, 4) is 0 Å². The molecule has 0 unspecified atom stereocenters. The number of nitrogens with zero attached hydrogens (tertiary/aromatic N) is 1. The van der Waals surface area contributed by atoms with Gasteiger partial charge in [0.1, 0.15) is 10.7 Å². The average Bonchev–Trinajstić information content (AvgIpc) is 2.96. The Hall–Kier alpha value is -3.78. The van der Waals surface area contributed by atoms with Gasteiger partial charge in [0.25, 0.3) is 21.8 Å². The van der Waals surface area contributed by atoms with Gasteiger partial charge in [-0.3, -0.25) is 9.59 Å². The molecule has 3 aromatic rings. The van der Waals surface area contributed by atoms with Crippen molar-refractivity contribution in [2.75, 3.05) is 5.32 Å². The summed E-state index contributed by atoms with van der Waals surface area (Å²) in [5.74, 6) is -1.42. The smallest absolute Gasteiger partial charge is 0.268 e. The monoisotopic (exact) mass is 478 g/mol. The number of anilines is 1. The second-order valence-corrected chi connectivity index (χ2v) is 10.1. The number of aryl methyl sites for hydroxylation is 2. The molecule has 174 valence electrons. The molecule has 34 heavy (non-hydrogen) atoms. The highest BCUT2D eigenvalue weighted by atomic mass is 32.2. The molecule has 6 nitrogen and oxygen atoms in total. The topological polar surface area (TPSA) is 83.6 Å². The van der Waals surface area contributed by atoms with E-state index in [2.05, 4.69) is 5.32 Å². The molecule has 8 heteroatoms. The Labute approximate surface area is 197 Å². The van der Waals surface area contributed by atoms with E-state index >= 15 is 0 Å². The fourth-order valence-electron chi connectivity index (χ4n) is 3.73. The van der Waals surface area contributed by atoms with E-state index in [-0.39, 0.29) is 17.0 Å². The first-order valence-electron chi connectivity index (χ1n) is 10.6. The quantitative estimate of drug-likeness (QED) is 0.571. The summed E-state index contributed by atoms with van der Waals surface area (Å²) in [6.45, 7) is 4.88. The number of rotatable bonds is 5. The number of carbonyl (C=O) groups is 2. The Balaban J connectivity index is 1.51. The van der Waals surface area contributed by atoms with Crippen molar-refractivity contribution < 1.29 is 22.4 Å². The zero-order valence-electron chi connectivity index (χ0n) is 18.9. The molecule has 0 spiro atoms. The summed E-state index contributed by atoms with van der Waals surface area (Å²) in [5.41, 5.74) is 3.30. The number of benzene rings is 3. The average molecular weight is 479 g/mol. The van der Waals surface area contributed by atoms with E-state index in [1.807, 2.05) is 6.92 Å². The molecule has 1 N–H and O–H groups in total. The summed E-state index contributed by atoms with van der Waals surface area (Å²) in [4.78, 5) is 25.3. The summed E-state index contributed by atoms with van der Waals surface area (Å²) in [5, 5.41) is 2.63. The Bertz CT molecular complexity index is 1430. The third-order valence-corrected chi connectivity index (χ3v) is 7.65. The highest BCUT2D eigenvalue weighted by molar-refractivity contribution is 7.99. The van der Waals surface area contributed by atoms with Crippen molar-refractivity contribution in [3.05, 3.63) is 106 Å². The van der Waals surface area contributed by atoms with Crippen molar-refractivity contribution in [3.63, 3.8) is 0 Å². The van der Waals surface area contributed by atoms with Crippen molar-refractivity contribution in [2.45, 2.75) is 27.3 Å². The second kappa shape index (κ2) is 8.87. The predicted molar refractivity (Wildman–Crippen MR) is 129 cm³/mol. The maximum atomic E-state index is 13.7. The molecule has 2 amide bonds. The molecule has 0 saturated carbocycles. The van der Waals surface area contributed by atoms with Crippen LogP contribution in [0, 0.1) is 19.7 Å². The summed E-state index contributed by atoms with van der Waals surface area (Å²) >= 11 is 0. The van der Waals surface area contributed by atoms with Crippen molar-refractivity contribution in [1.82, 2.24) is 4.31 Å². The normalized spacial score (nSPS) is 15.1. The molecule has 0 radical (unpaired) electrons. The number of hydrogen-bond acceptors (Lipinski definition) is 4. The number of carbonyl (C=O) groups excluding carboxylic acids is 2.